The lowest BCUT2D eigenvalue weighted by molar-refractivity contribution is -0.139. The number of rotatable bonds is 4. The molecular weight excluding hydrogens is 140 g/mol. The highest BCUT2D eigenvalue weighted by Gasteiger charge is 2.12. The SMILES string of the molecule is N[C@@H](CCC(=O)O)[14C](=O)O. The van der Waals surface area contributed by atoms with E-state index in [0.29, 0.717) is 0 Å². The van der Waals surface area contributed by atoms with Crippen LogP contribution in [0, 0.1) is 0 Å². The van der Waals surface area contributed by atoms with Crippen LogP contribution in [0.15, 0.2) is 0 Å². The summed E-state index contributed by atoms with van der Waals surface area (Å²) in [4.78, 5) is 19.9. The van der Waals surface area contributed by atoms with Crippen molar-refractivity contribution in [1.29, 1.82) is 0 Å². The average Bonchev–Trinajstić information content (AvgIpc) is 1.82. The van der Waals surface area contributed by atoms with E-state index in [4.69, 9.17) is 15.9 Å². The minimum Gasteiger partial charge on any atom is -0.481 e. The quantitative estimate of drug-likeness (QED) is 0.488. The van der Waals surface area contributed by atoms with E-state index in [2.05, 4.69) is 0 Å². The molecule has 0 aliphatic heterocycles. The van der Waals surface area contributed by atoms with Gasteiger partial charge in [-0.25, -0.2) is 0 Å². The van der Waals surface area contributed by atoms with Crippen LogP contribution in [-0.4, -0.2) is 28.2 Å². The summed E-state index contributed by atoms with van der Waals surface area (Å²) >= 11 is 0. The van der Waals surface area contributed by atoms with Crippen LogP contribution >= 0.6 is 0 Å². The van der Waals surface area contributed by atoms with E-state index in [9.17, 15) is 9.59 Å². The molecule has 1 atom stereocenters. The van der Waals surface area contributed by atoms with E-state index in [1.54, 1.807) is 0 Å². The van der Waals surface area contributed by atoms with E-state index >= 15 is 0 Å². The van der Waals surface area contributed by atoms with Crippen LogP contribution in [0.1, 0.15) is 12.8 Å². The van der Waals surface area contributed by atoms with Crippen molar-refractivity contribution in [3.8, 4) is 0 Å². The fraction of sp³-hybridized carbons (Fsp3) is 0.600. The van der Waals surface area contributed by atoms with E-state index in [1.165, 1.54) is 0 Å². The average molecular weight is 149 g/mol. The van der Waals surface area contributed by atoms with Gasteiger partial charge in [0.15, 0.2) is 0 Å². The van der Waals surface area contributed by atoms with Gasteiger partial charge in [0.2, 0.25) is 0 Å². The van der Waals surface area contributed by atoms with Gasteiger partial charge in [-0.1, -0.05) is 0 Å². The molecule has 0 aliphatic carbocycles. The zero-order valence-electron chi connectivity index (χ0n) is 5.28. The van der Waals surface area contributed by atoms with Crippen LogP contribution in [0.2, 0.25) is 0 Å². The van der Waals surface area contributed by atoms with Crippen LogP contribution in [0.25, 0.3) is 0 Å². The van der Waals surface area contributed by atoms with Gasteiger partial charge in [0, 0.05) is 6.42 Å². The van der Waals surface area contributed by atoms with Gasteiger partial charge in [0.1, 0.15) is 6.04 Å². The Hall–Kier alpha value is -1.10. The van der Waals surface area contributed by atoms with Crippen LogP contribution < -0.4 is 5.73 Å². The summed E-state index contributed by atoms with van der Waals surface area (Å²) in [5, 5.41) is 16.3. The minimum absolute atomic E-state index is 0.0231. The summed E-state index contributed by atoms with van der Waals surface area (Å²) in [7, 11) is 0. The Morgan fingerprint density at radius 3 is 2.50 bits per heavy atom. The largest absolute Gasteiger partial charge is 0.481 e. The molecule has 0 aromatic heterocycles. The van der Waals surface area contributed by atoms with Crippen LogP contribution in [0.3, 0.4) is 0 Å². The summed E-state index contributed by atoms with van der Waals surface area (Å²) in [6, 6.07) is -1.06. The number of aliphatic carboxylic acids is 2. The lowest BCUT2D eigenvalue weighted by atomic mass is 10.3. The Morgan fingerprint density at radius 2 is 2.20 bits per heavy atom. The topological polar surface area (TPSA) is 101 Å². The lowest BCUT2D eigenvalue weighted by Gasteiger charge is -2.01. The molecule has 0 radical (unpaired) electrons. The molecule has 4 N–H and O–H groups in total. The monoisotopic (exact) mass is 149 g/mol. The number of carbonyl (C=O) groups is 2. The van der Waals surface area contributed by atoms with Crippen molar-refractivity contribution in [2.75, 3.05) is 0 Å². The highest BCUT2D eigenvalue weighted by molar-refractivity contribution is 5.74. The van der Waals surface area contributed by atoms with Crippen molar-refractivity contribution >= 4 is 11.9 Å². The fourth-order valence-corrected chi connectivity index (χ4v) is 0.402. The van der Waals surface area contributed by atoms with Crippen molar-refractivity contribution in [2.24, 2.45) is 5.73 Å². The molecular formula is C5H9NO4. The fourth-order valence-electron chi connectivity index (χ4n) is 0.402. The molecule has 0 amide bonds. The molecule has 0 bridgehead atoms. The molecule has 58 valence electrons. The van der Waals surface area contributed by atoms with Crippen molar-refractivity contribution in [3.05, 3.63) is 0 Å². The maximum absolute atomic E-state index is 9.99. The molecule has 5 nitrogen and oxygen atoms in total. The zero-order valence-corrected chi connectivity index (χ0v) is 5.28. The van der Waals surface area contributed by atoms with Crippen molar-refractivity contribution in [1.82, 2.24) is 0 Å². The second-order valence-electron chi connectivity index (χ2n) is 1.88. The molecule has 0 heterocycles. The third-order valence-corrected chi connectivity index (χ3v) is 0.986. The van der Waals surface area contributed by atoms with Crippen LogP contribution in [0.5, 0.6) is 0 Å². The first-order chi connectivity index (χ1) is 4.54. The highest BCUT2D eigenvalue weighted by atomic mass is 16.6. The van der Waals surface area contributed by atoms with Crippen molar-refractivity contribution < 1.29 is 19.8 Å². The zero-order chi connectivity index (χ0) is 8.15. The molecule has 0 saturated carbocycles. The Balaban J connectivity index is 3.49. The Kier molecular flexibility index (Phi) is 3.42. The maximum Gasteiger partial charge on any atom is 0.320 e. The number of carboxylic acid groups (broad SMARTS) is 2. The van der Waals surface area contributed by atoms with Gasteiger partial charge in [-0.3, -0.25) is 9.59 Å². The summed E-state index contributed by atoms with van der Waals surface area (Å²) in [5.74, 6) is -2.20. The number of hydrogen-bond acceptors (Lipinski definition) is 3. The van der Waals surface area contributed by atoms with Gasteiger partial charge in [-0.05, 0) is 6.42 Å². The van der Waals surface area contributed by atoms with E-state index < -0.39 is 18.0 Å². The first-order valence-electron chi connectivity index (χ1n) is 2.74. The molecule has 0 aromatic carbocycles. The number of carboxylic acids is 2. The van der Waals surface area contributed by atoms with E-state index in [0.717, 1.165) is 0 Å². The van der Waals surface area contributed by atoms with Crippen molar-refractivity contribution in [2.45, 2.75) is 18.9 Å². The third kappa shape index (κ3) is 3.85. The van der Waals surface area contributed by atoms with Crippen LogP contribution in [0.4, 0.5) is 0 Å². The predicted molar refractivity (Wildman–Crippen MR) is 32.5 cm³/mol. The van der Waals surface area contributed by atoms with Gasteiger partial charge >= 0.3 is 11.9 Å². The standard InChI is InChI=1S/C5H9NO4/c6-3(5(9)10)1-2-4(7)8/h3H,1-2,6H2,(H,7,8)(H,9,10)/t3-/m0/s1/i5+2. The molecule has 0 saturated heterocycles. The molecule has 0 spiro atoms. The molecule has 0 aromatic rings. The molecule has 0 fully saturated rings. The Labute approximate surface area is 57.5 Å². The molecule has 5 heteroatoms. The minimum atomic E-state index is -1.17. The van der Waals surface area contributed by atoms with Crippen molar-refractivity contribution in [3.63, 3.8) is 0 Å². The normalized spacial score (nSPS) is 12.5. The number of nitrogens with two attached hydrogens (primary N) is 1. The summed E-state index contributed by atoms with van der Waals surface area (Å²) in [6.45, 7) is 0. The predicted octanol–water partition coefficient (Wildman–Crippen LogP) is -0.737. The Bertz CT molecular complexity index is 145. The molecule has 10 heavy (non-hydrogen) atoms. The molecule has 0 rings (SSSR count). The summed E-state index contributed by atoms with van der Waals surface area (Å²) < 4.78 is 0. The van der Waals surface area contributed by atoms with Gasteiger partial charge < -0.3 is 15.9 Å². The van der Waals surface area contributed by atoms with E-state index in [-0.39, 0.29) is 12.8 Å². The van der Waals surface area contributed by atoms with Gasteiger partial charge in [-0.15, -0.1) is 0 Å². The second-order valence-corrected chi connectivity index (χ2v) is 1.88. The smallest absolute Gasteiger partial charge is 0.320 e. The summed E-state index contributed by atoms with van der Waals surface area (Å²) in [5.41, 5.74) is 5.00. The lowest BCUT2D eigenvalue weighted by Crippen LogP contribution is -2.30. The first-order valence-corrected chi connectivity index (χ1v) is 2.74. The second kappa shape index (κ2) is 3.84. The highest BCUT2D eigenvalue weighted by Crippen LogP contribution is 1.93. The van der Waals surface area contributed by atoms with Crippen LogP contribution in [-0.2, 0) is 9.59 Å². The van der Waals surface area contributed by atoms with Gasteiger partial charge in [0.25, 0.3) is 0 Å². The van der Waals surface area contributed by atoms with Gasteiger partial charge in [-0.2, -0.15) is 0 Å². The Morgan fingerprint density at radius 1 is 1.70 bits per heavy atom. The van der Waals surface area contributed by atoms with Gasteiger partial charge in [0.05, 0.1) is 0 Å². The maximum atomic E-state index is 9.99. The summed E-state index contributed by atoms with van der Waals surface area (Å²) in [6.07, 6.45) is -0.224. The first kappa shape index (κ1) is 8.90. The van der Waals surface area contributed by atoms with E-state index in [1.807, 2.05) is 0 Å². The number of hydrogen-bond donors (Lipinski definition) is 3. The molecule has 0 aliphatic rings. The third-order valence-electron chi connectivity index (χ3n) is 0.986. The molecule has 0 unspecified atom stereocenters.